The van der Waals surface area contributed by atoms with E-state index in [0.717, 1.165) is 23.3 Å². The topological polar surface area (TPSA) is 67.6 Å². The van der Waals surface area contributed by atoms with Gasteiger partial charge in [0.1, 0.15) is 0 Å². The SMILES string of the molecule is CC(Cc1ccc(N)cc1)C(C)c1ccnc2nc[nH]c12. The van der Waals surface area contributed by atoms with Crippen LogP contribution in [0.4, 0.5) is 5.69 Å². The molecular weight excluding hydrogens is 260 g/mol. The molecule has 0 aliphatic heterocycles. The molecule has 0 saturated heterocycles. The Morgan fingerprint density at radius 2 is 1.86 bits per heavy atom. The first-order valence-corrected chi connectivity index (χ1v) is 7.27. The van der Waals surface area contributed by atoms with Crippen LogP contribution in [0.3, 0.4) is 0 Å². The van der Waals surface area contributed by atoms with E-state index >= 15 is 0 Å². The molecule has 0 saturated carbocycles. The molecule has 2 atom stereocenters. The van der Waals surface area contributed by atoms with E-state index in [1.165, 1.54) is 11.1 Å². The Labute approximate surface area is 124 Å². The molecule has 4 nitrogen and oxygen atoms in total. The van der Waals surface area contributed by atoms with Crippen LogP contribution in [-0.2, 0) is 6.42 Å². The summed E-state index contributed by atoms with van der Waals surface area (Å²) in [6, 6.07) is 10.2. The van der Waals surface area contributed by atoms with Gasteiger partial charge in [0.25, 0.3) is 0 Å². The van der Waals surface area contributed by atoms with E-state index in [9.17, 15) is 0 Å². The number of aromatic amines is 1. The van der Waals surface area contributed by atoms with Gasteiger partial charge in [0.15, 0.2) is 5.65 Å². The molecule has 0 bridgehead atoms. The smallest absolute Gasteiger partial charge is 0.177 e. The summed E-state index contributed by atoms with van der Waals surface area (Å²) < 4.78 is 0. The van der Waals surface area contributed by atoms with Gasteiger partial charge >= 0.3 is 0 Å². The van der Waals surface area contributed by atoms with Gasteiger partial charge in [-0.1, -0.05) is 26.0 Å². The monoisotopic (exact) mass is 280 g/mol. The number of hydrogen-bond donors (Lipinski definition) is 2. The Balaban J connectivity index is 1.82. The van der Waals surface area contributed by atoms with Crippen molar-refractivity contribution < 1.29 is 0 Å². The van der Waals surface area contributed by atoms with Gasteiger partial charge in [0.2, 0.25) is 0 Å². The van der Waals surface area contributed by atoms with Crippen molar-refractivity contribution in [3.63, 3.8) is 0 Å². The van der Waals surface area contributed by atoms with Crippen molar-refractivity contribution in [2.24, 2.45) is 5.92 Å². The molecule has 0 spiro atoms. The Bertz CT molecular complexity index is 730. The molecule has 2 heterocycles. The maximum absolute atomic E-state index is 5.74. The predicted molar refractivity (Wildman–Crippen MR) is 86.0 cm³/mol. The Morgan fingerprint density at radius 1 is 1.10 bits per heavy atom. The van der Waals surface area contributed by atoms with Gasteiger partial charge in [-0.25, -0.2) is 9.97 Å². The van der Waals surface area contributed by atoms with Crippen LogP contribution in [0.25, 0.3) is 11.2 Å². The number of rotatable bonds is 4. The molecule has 3 aromatic rings. The number of hydrogen-bond acceptors (Lipinski definition) is 3. The fraction of sp³-hybridized carbons (Fsp3) is 0.294. The summed E-state index contributed by atoms with van der Waals surface area (Å²) >= 11 is 0. The average molecular weight is 280 g/mol. The zero-order valence-corrected chi connectivity index (χ0v) is 12.4. The molecule has 2 aromatic heterocycles. The molecular formula is C17H20N4. The second-order valence-corrected chi connectivity index (χ2v) is 5.71. The van der Waals surface area contributed by atoms with E-state index in [1.54, 1.807) is 6.33 Å². The highest BCUT2D eigenvalue weighted by molar-refractivity contribution is 5.74. The van der Waals surface area contributed by atoms with Crippen molar-refractivity contribution in [1.82, 2.24) is 15.0 Å². The molecule has 21 heavy (non-hydrogen) atoms. The number of H-pyrrole nitrogens is 1. The minimum absolute atomic E-state index is 0.425. The number of fused-ring (bicyclic) bond motifs is 1. The standard InChI is InChI=1S/C17H20N4/c1-11(9-13-3-5-14(18)6-4-13)12(2)15-7-8-19-17-16(15)20-10-21-17/h3-8,10-12H,9,18H2,1-2H3,(H,19,20,21). The van der Waals surface area contributed by atoms with Crippen LogP contribution in [0.2, 0.25) is 0 Å². The molecule has 3 N–H and O–H groups in total. The molecule has 0 fully saturated rings. The number of pyridine rings is 1. The molecule has 4 heteroatoms. The predicted octanol–water partition coefficient (Wildman–Crippen LogP) is 3.52. The number of nitrogens with two attached hydrogens (primary N) is 1. The number of aromatic nitrogens is 3. The van der Waals surface area contributed by atoms with Gasteiger partial charge in [-0.2, -0.15) is 0 Å². The molecule has 0 radical (unpaired) electrons. The third kappa shape index (κ3) is 2.75. The highest BCUT2D eigenvalue weighted by Crippen LogP contribution is 2.30. The first-order valence-electron chi connectivity index (χ1n) is 7.27. The largest absolute Gasteiger partial charge is 0.399 e. The Kier molecular flexibility index (Phi) is 3.60. The maximum atomic E-state index is 5.74. The van der Waals surface area contributed by atoms with Gasteiger partial charge in [-0.15, -0.1) is 0 Å². The first kappa shape index (κ1) is 13.6. The number of imidazole rings is 1. The first-order chi connectivity index (χ1) is 10.1. The number of benzene rings is 1. The number of anilines is 1. The van der Waals surface area contributed by atoms with Crippen LogP contribution >= 0.6 is 0 Å². The second kappa shape index (κ2) is 5.56. The van der Waals surface area contributed by atoms with Crippen molar-refractivity contribution in [2.75, 3.05) is 5.73 Å². The zero-order valence-electron chi connectivity index (χ0n) is 12.4. The van der Waals surface area contributed by atoms with Gasteiger partial charge in [0.05, 0.1) is 11.8 Å². The summed E-state index contributed by atoms with van der Waals surface area (Å²) in [5.74, 6) is 0.941. The van der Waals surface area contributed by atoms with Crippen molar-refractivity contribution in [1.29, 1.82) is 0 Å². The molecule has 3 rings (SSSR count). The van der Waals surface area contributed by atoms with Crippen molar-refractivity contribution in [3.8, 4) is 0 Å². The van der Waals surface area contributed by atoms with Crippen LogP contribution in [0.5, 0.6) is 0 Å². The minimum Gasteiger partial charge on any atom is -0.399 e. The lowest BCUT2D eigenvalue weighted by atomic mass is 9.84. The van der Waals surface area contributed by atoms with Crippen molar-refractivity contribution in [2.45, 2.75) is 26.2 Å². The van der Waals surface area contributed by atoms with Crippen LogP contribution in [0.1, 0.15) is 30.9 Å². The van der Waals surface area contributed by atoms with Gasteiger partial charge in [-0.3, -0.25) is 0 Å². The molecule has 108 valence electrons. The van der Waals surface area contributed by atoms with Crippen LogP contribution in [-0.4, -0.2) is 15.0 Å². The summed E-state index contributed by atoms with van der Waals surface area (Å²) in [6.45, 7) is 4.54. The third-order valence-electron chi connectivity index (χ3n) is 4.24. The highest BCUT2D eigenvalue weighted by Gasteiger charge is 2.18. The normalized spacial score (nSPS) is 14.2. The quantitative estimate of drug-likeness (QED) is 0.718. The van der Waals surface area contributed by atoms with E-state index in [1.807, 2.05) is 18.3 Å². The minimum atomic E-state index is 0.425. The van der Waals surface area contributed by atoms with Gasteiger partial charge < -0.3 is 10.7 Å². The van der Waals surface area contributed by atoms with E-state index in [4.69, 9.17) is 5.73 Å². The fourth-order valence-electron chi connectivity index (χ4n) is 2.76. The van der Waals surface area contributed by atoms with E-state index in [2.05, 4.69) is 47.0 Å². The zero-order chi connectivity index (χ0) is 14.8. The summed E-state index contributed by atoms with van der Waals surface area (Å²) in [5, 5.41) is 0. The molecule has 0 aliphatic carbocycles. The fourth-order valence-corrected chi connectivity index (χ4v) is 2.76. The van der Waals surface area contributed by atoms with E-state index in [0.29, 0.717) is 11.8 Å². The van der Waals surface area contributed by atoms with Crippen LogP contribution < -0.4 is 5.73 Å². The summed E-state index contributed by atoms with van der Waals surface area (Å²) in [6.07, 6.45) is 4.57. The third-order valence-corrected chi connectivity index (χ3v) is 4.24. The van der Waals surface area contributed by atoms with Crippen LogP contribution in [0.15, 0.2) is 42.9 Å². The van der Waals surface area contributed by atoms with E-state index < -0.39 is 0 Å². The average Bonchev–Trinajstić information content (AvgIpc) is 2.97. The van der Waals surface area contributed by atoms with Gasteiger partial charge in [0, 0.05) is 11.9 Å². The van der Waals surface area contributed by atoms with E-state index in [-0.39, 0.29) is 0 Å². The molecule has 2 unspecified atom stereocenters. The van der Waals surface area contributed by atoms with Crippen LogP contribution in [0, 0.1) is 5.92 Å². The molecule has 1 aromatic carbocycles. The lowest BCUT2D eigenvalue weighted by Gasteiger charge is -2.21. The number of nitrogens with zero attached hydrogens (tertiary/aromatic N) is 2. The number of nitrogen functional groups attached to an aromatic ring is 1. The summed E-state index contributed by atoms with van der Waals surface area (Å²) in [4.78, 5) is 11.7. The Morgan fingerprint density at radius 3 is 2.62 bits per heavy atom. The van der Waals surface area contributed by atoms with Gasteiger partial charge in [-0.05, 0) is 47.6 Å². The highest BCUT2D eigenvalue weighted by atomic mass is 14.9. The second-order valence-electron chi connectivity index (χ2n) is 5.71. The summed E-state index contributed by atoms with van der Waals surface area (Å²) in [5.41, 5.74) is 11.0. The number of nitrogens with one attached hydrogen (secondary N) is 1. The van der Waals surface area contributed by atoms with Crippen molar-refractivity contribution >= 4 is 16.9 Å². The molecule has 0 amide bonds. The lowest BCUT2D eigenvalue weighted by Crippen LogP contribution is -2.10. The summed E-state index contributed by atoms with van der Waals surface area (Å²) in [7, 11) is 0. The molecule has 0 aliphatic rings. The lowest BCUT2D eigenvalue weighted by molar-refractivity contribution is 0.487. The van der Waals surface area contributed by atoms with Crippen molar-refractivity contribution in [3.05, 3.63) is 54.0 Å². The maximum Gasteiger partial charge on any atom is 0.177 e. The Hall–Kier alpha value is -2.36.